The molecular weight excluding hydrogens is 380 g/mol. The molecule has 150 valence electrons. The molecule has 7 heteroatoms. The summed E-state index contributed by atoms with van der Waals surface area (Å²) in [5, 5.41) is 2.93. The van der Waals surface area contributed by atoms with Gasteiger partial charge in [0, 0.05) is 11.8 Å². The summed E-state index contributed by atoms with van der Waals surface area (Å²) in [6.45, 7) is 7.82. The third-order valence-corrected chi connectivity index (χ3v) is 4.54. The van der Waals surface area contributed by atoms with Crippen LogP contribution in [0.25, 0.3) is 0 Å². The number of carbonyl (C=O) groups is 2. The number of nitrogens with one attached hydrogen (secondary N) is 1. The number of anilines is 2. The number of esters is 1. The van der Waals surface area contributed by atoms with E-state index in [1.54, 1.807) is 0 Å². The fourth-order valence-corrected chi connectivity index (χ4v) is 2.64. The van der Waals surface area contributed by atoms with E-state index in [0.29, 0.717) is 5.69 Å². The molecule has 0 bridgehead atoms. The van der Waals surface area contributed by atoms with Gasteiger partial charge in [0.25, 0.3) is 5.91 Å². The Morgan fingerprint density at radius 1 is 1.14 bits per heavy atom. The molecule has 0 saturated carbocycles. The van der Waals surface area contributed by atoms with E-state index < -0.39 is 18.0 Å². The zero-order valence-corrected chi connectivity index (χ0v) is 17.4. The molecule has 0 radical (unpaired) electrons. The van der Waals surface area contributed by atoms with Crippen molar-refractivity contribution in [2.24, 2.45) is 0 Å². The van der Waals surface area contributed by atoms with Gasteiger partial charge in [0.15, 0.2) is 6.10 Å². The number of hydrogen-bond acceptors (Lipinski definition) is 5. The molecule has 2 aromatic carbocycles. The first-order valence-electron chi connectivity index (χ1n) is 8.78. The maximum atomic E-state index is 12.4. The van der Waals surface area contributed by atoms with Crippen molar-refractivity contribution in [3.8, 4) is 5.75 Å². The molecule has 0 aliphatic heterocycles. The minimum absolute atomic E-state index is 0.0186. The normalized spacial score (nSPS) is 12.2. The zero-order chi connectivity index (χ0) is 21.1. The third-order valence-electron chi connectivity index (χ3n) is 4.21. The summed E-state index contributed by atoms with van der Waals surface area (Å²) in [5.41, 5.74) is 7.87. The zero-order valence-electron chi connectivity index (χ0n) is 16.6. The standard InChI is InChI=1S/C21H25ClN2O4/c1-12(19(25)24-14-8-6-13(7-9-14)21(2,3)4)28-20(26)15-10-16(22)17(23)11-18(15)27-5/h6-12H,23H2,1-5H3,(H,24,25). The van der Waals surface area contributed by atoms with E-state index in [9.17, 15) is 9.59 Å². The van der Waals surface area contributed by atoms with E-state index in [2.05, 4.69) is 26.1 Å². The molecule has 28 heavy (non-hydrogen) atoms. The summed E-state index contributed by atoms with van der Waals surface area (Å²) in [5.74, 6) is -0.959. The monoisotopic (exact) mass is 404 g/mol. The van der Waals surface area contributed by atoms with Crippen LogP contribution in [0.3, 0.4) is 0 Å². The van der Waals surface area contributed by atoms with E-state index >= 15 is 0 Å². The van der Waals surface area contributed by atoms with Gasteiger partial charge in [-0.3, -0.25) is 4.79 Å². The van der Waals surface area contributed by atoms with Crippen LogP contribution in [-0.2, 0) is 14.9 Å². The molecule has 0 aliphatic rings. The van der Waals surface area contributed by atoms with Crippen molar-refractivity contribution in [1.29, 1.82) is 0 Å². The van der Waals surface area contributed by atoms with Gasteiger partial charge in [0.05, 0.1) is 17.8 Å². The number of nitrogen functional groups attached to an aromatic ring is 1. The first-order valence-corrected chi connectivity index (χ1v) is 9.16. The molecule has 2 aromatic rings. The average molecular weight is 405 g/mol. The van der Waals surface area contributed by atoms with Gasteiger partial charge in [-0.15, -0.1) is 0 Å². The molecule has 3 N–H and O–H groups in total. The number of amides is 1. The second-order valence-electron chi connectivity index (χ2n) is 7.44. The van der Waals surface area contributed by atoms with E-state index in [-0.39, 0.29) is 27.4 Å². The number of methoxy groups -OCH3 is 1. The number of nitrogens with two attached hydrogens (primary N) is 1. The van der Waals surface area contributed by atoms with Gasteiger partial charge in [0.1, 0.15) is 11.3 Å². The lowest BCUT2D eigenvalue weighted by molar-refractivity contribution is -0.123. The summed E-state index contributed by atoms with van der Waals surface area (Å²) in [6.07, 6.45) is -1.02. The Bertz CT molecular complexity index is 873. The molecule has 0 aliphatic carbocycles. The van der Waals surface area contributed by atoms with Crippen molar-refractivity contribution in [3.63, 3.8) is 0 Å². The van der Waals surface area contributed by atoms with Gasteiger partial charge in [0.2, 0.25) is 0 Å². The Balaban J connectivity index is 2.06. The fraction of sp³-hybridized carbons (Fsp3) is 0.333. The lowest BCUT2D eigenvalue weighted by atomic mass is 9.87. The number of ether oxygens (including phenoxy) is 2. The van der Waals surface area contributed by atoms with Crippen LogP contribution in [0.4, 0.5) is 11.4 Å². The van der Waals surface area contributed by atoms with Crippen LogP contribution < -0.4 is 15.8 Å². The van der Waals surface area contributed by atoms with Gasteiger partial charge in [-0.2, -0.15) is 0 Å². The minimum Gasteiger partial charge on any atom is -0.496 e. The molecule has 0 heterocycles. The molecule has 1 unspecified atom stereocenters. The minimum atomic E-state index is -1.02. The SMILES string of the molecule is COc1cc(N)c(Cl)cc1C(=O)OC(C)C(=O)Nc1ccc(C(C)(C)C)cc1. The van der Waals surface area contributed by atoms with Crippen molar-refractivity contribution in [3.05, 3.63) is 52.5 Å². The number of benzene rings is 2. The maximum absolute atomic E-state index is 12.4. The summed E-state index contributed by atoms with van der Waals surface area (Å²) < 4.78 is 10.4. The van der Waals surface area contributed by atoms with Gasteiger partial charge in [-0.05, 0) is 36.1 Å². The highest BCUT2D eigenvalue weighted by Crippen LogP contribution is 2.29. The summed E-state index contributed by atoms with van der Waals surface area (Å²) in [7, 11) is 1.40. The van der Waals surface area contributed by atoms with Crippen LogP contribution in [0, 0.1) is 0 Å². The Morgan fingerprint density at radius 2 is 1.75 bits per heavy atom. The highest BCUT2D eigenvalue weighted by molar-refractivity contribution is 6.33. The average Bonchev–Trinajstić information content (AvgIpc) is 2.63. The van der Waals surface area contributed by atoms with Crippen LogP contribution in [0.5, 0.6) is 5.75 Å². The van der Waals surface area contributed by atoms with Gasteiger partial charge < -0.3 is 20.5 Å². The van der Waals surface area contributed by atoms with E-state index in [1.807, 2.05) is 24.3 Å². The smallest absolute Gasteiger partial charge is 0.342 e. The van der Waals surface area contributed by atoms with E-state index in [4.69, 9.17) is 26.8 Å². The van der Waals surface area contributed by atoms with Crippen molar-refractivity contribution >= 4 is 34.9 Å². The highest BCUT2D eigenvalue weighted by Gasteiger charge is 2.23. The van der Waals surface area contributed by atoms with Crippen LogP contribution in [-0.4, -0.2) is 25.1 Å². The van der Waals surface area contributed by atoms with Crippen LogP contribution in [0.2, 0.25) is 5.02 Å². The number of hydrogen-bond donors (Lipinski definition) is 2. The quantitative estimate of drug-likeness (QED) is 0.568. The lowest BCUT2D eigenvalue weighted by Gasteiger charge is -2.19. The number of halogens is 1. The van der Waals surface area contributed by atoms with Crippen molar-refractivity contribution in [1.82, 2.24) is 0 Å². The van der Waals surface area contributed by atoms with Crippen molar-refractivity contribution < 1.29 is 19.1 Å². The highest BCUT2D eigenvalue weighted by atomic mass is 35.5. The number of carbonyl (C=O) groups excluding carboxylic acids is 2. The molecule has 0 fully saturated rings. The van der Waals surface area contributed by atoms with Gasteiger partial charge >= 0.3 is 5.97 Å². The van der Waals surface area contributed by atoms with Crippen LogP contribution >= 0.6 is 11.6 Å². The van der Waals surface area contributed by atoms with Gasteiger partial charge in [-0.25, -0.2) is 4.79 Å². The summed E-state index contributed by atoms with van der Waals surface area (Å²) in [6, 6.07) is 10.3. The van der Waals surface area contributed by atoms with Gasteiger partial charge in [-0.1, -0.05) is 44.5 Å². The Hall–Kier alpha value is -2.73. The Morgan fingerprint density at radius 3 is 2.29 bits per heavy atom. The fourth-order valence-electron chi connectivity index (χ4n) is 2.47. The second-order valence-corrected chi connectivity index (χ2v) is 7.85. The molecule has 2 rings (SSSR count). The summed E-state index contributed by atoms with van der Waals surface area (Å²) in [4.78, 5) is 24.8. The first kappa shape index (κ1) is 21.6. The molecule has 1 amide bonds. The molecular formula is C21H25ClN2O4. The first-order chi connectivity index (χ1) is 13.0. The molecule has 0 aromatic heterocycles. The topological polar surface area (TPSA) is 90.7 Å². The molecule has 0 spiro atoms. The summed E-state index contributed by atoms with van der Waals surface area (Å²) >= 11 is 5.97. The maximum Gasteiger partial charge on any atom is 0.342 e. The number of rotatable bonds is 5. The van der Waals surface area contributed by atoms with Crippen LogP contribution in [0.15, 0.2) is 36.4 Å². The molecule has 6 nitrogen and oxygen atoms in total. The third kappa shape index (κ3) is 5.16. The van der Waals surface area contributed by atoms with Crippen molar-refractivity contribution in [2.75, 3.05) is 18.2 Å². The van der Waals surface area contributed by atoms with Crippen LogP contribution in [0.1, 0.15) is 43.6 Å². The molecule has 0 saturated heterocycles. The predicted octanol–water partition coefficient (Wildman–Crippen LogP) is 4.41. The molecule has 1 atom stereocenters. The Kier molecular flexibility index (Phi) is 6.56. The lowest BCUT2D eigenvalue weighted by Crippen LogP contribution is -2.30. The van der Waals surface area contributed by atoms with E-state index in [0.717, 1.165) is 5.56 Å². The Labute approximate surface area is 170 Å². The largest absolute Gasteiger partial charge is 0.496 e. The van der Waals surface area contributed by atoms with E-state index in [1.165, 1.54) is 26.2 Å². The van der Waals surface area contributed by atoms with Crippen molar-refractivity contribution in [2.45, 2.75) is 39.2 Å². The second kappa shape index (κ2) is 8.52. The predicted molar refractivity (Wildman–Crippen MR) is 111 cm³/mol.